The average Bonchev–Trinajstić information content (AvgIpc) is 2.97. The summed E-state index contributed by atoms with van der Waals surface area (Å²) in [6.45, 7) is 2.09. The Morgan fingerprint density at radius 2 is 1.73 bits per heavy atom. The van der Waals surface area contributed by atoms with Crippen molar-refractivity contribution in [1.82, 2.24) is 9.97 Å². The lowest BCUT2D eigenvalue weighted by Gasteiger charge is -2.21. The van der Waals surface area contributed by atoms with Crippen LogP contribution in [-0.2, 0) is 0 Å². The number of amides is 1. The number of rotatable bonds is 3. The van der Waals surface area contributed by atoms with E-state index in [1.807, 2.05) is 42.5 Å². The predicted molar refractivity (Wildman–Crippen MR) is 105 cm³/mol. The molecule has 0 atom stereocenters. The van der Waals surface area contributed by atoms with Gasteiger partial charge in [-0.2, -0.15) is 0 Å². The number of hydrogen-bond acceptors (Lipinski definition) is 4. The van der Waals surface area contributed by atoms with Crippen molar-refractivity contribution in [3.05, 3.63) is 60.4 Å². The highest BCUT2D eigenvalue weighted by Crippen LogP contribution is 2.19. The molecular weight excluding hydrogens is 324 g/mol. The Morgan fingerprint density at radius 3 is 2.50 bits per heavy atom. The molecule has 2 aromatic heterocycles. The molecule has 0 unspecified atom stereocenters. The van der Waals surface area contributed by atoms with Crippen molar-refractivity contribution in [1.29, 1.82) is 0 Å². The highest BCUT2D eigenvalue weighted by molar-refractivity contribution is 6.04. The molecule has 1 aliphatic rings. The SMILES string of the molecule is O=C(Nc1cnc2ccccc2c1)c1ccc(N2CCCCCC2)nc1. The second-order valence-electron chi connectivity index (χ2n) is 6.68. The Bertz CT molecular complexity index is 899. The van der Waals surface area contributed by atoms with E-state index >= 15 is 0 Å². The fraction of sp³-hybridized carbons (Fsp3) is 0.286. The first-order chi connectivity index (χ1) is 12.8. The van der Waals surface area contributed by atoms with E-state index in [2.05, 4.69) is 20.2 Å². The van der Waals surface area contributed by atoms with Gasteiger partial charge in [0.25, 0.3) is 5.91 Å². The largest absolute Gasteiger partial charge is 0.357 e. The second-order valence-corrected chi connectivity index (χ2v) is 6.68. The van der Waals surface area contributed by atoms with Crippen LogP contribution < -0.4 is 10.2 Å². The lowest BCUT2D eigenvalue weighted by molar-refractivity contribution is 0.102. The maximum Gasteiger partial charge on any atom is 0.257 e. The van der Waals surface area contributed by atoms with Gasteiger partial charge in [0, 0.05) is 24.7 Å². The Balaban J connectivity index is 1.47. The topological polar surface area (TPSA) is 58.1 Å². The van der Waals surface area contributed by atoms with Crippen molar-refractivity contribution < 1.29 is 4.79 Å². The molecule has 0 radical (unpaired) electrons. The molecule has 3 aromatic rings. The summed E-state index contributed by atoms with van der Waals surface area (Å²) in [5.74, 6) is 0.785. The number of nitrogens with one attached hydrogen (secondary N) is 1. The van der Waals surface area contributed by atoms with Gasteiger partial charge in [-0.25, -0.2) is 4.98 Å². The van der Waals surface area contributed by atoms with Crippen LogP contribution in [0, 0.1) is 0 Å². The lowest BCUT2D eigenvalue weighted by Crippen LogP contribution is -2.25. The molecule has 0 aliphatic carbocycles. The molecule has 3 heterocycles. The monoisotopic (exact) mass is 346 g/mol. The number of anilines is 2. The van der Waals surface area contributed by atoms with Crippen molar-refractivity contribution in [2.24, 2.45) is 0 Å². The van der Waals surface area contributed by atoms with Crippen molar-refractivity contribution in [2.45, 2.75) is 25.7 Å². The van der Waals surface area contributed by atoms with Crippen LogP contribution in [0.25, 0.3) is 10.9 Å². The summed E-state index contributed by atoms with van der Waals surface area (Å²) < 4.78 is 0. The number of nitrogens with zero attached hydrogens (tertiary/aromatic N) is 3. The van der Waals surface area contributed by atoms with Gasteiger partial charge in [-0.05, 0) is 37.1 Å². The van der Waals surface area contributed by atoms with E-state index in [0.29, 0.717) is 11.3 Å². The number of hydrogen-bond donors (Lipinski definition) is 1. The molecule has 1 fully saturated rings. The highest BCUT2D eigenvalue weighted by Gasteiger charge is 2.13. The summed E-state index contributed by atoms with van der Waals surface area (Å²) in [4.78, 5) is 23.7. The summed E-state index contributed by atoms with van der Waals surface area (Å²) in [7, 11) is 0. The third kappa shape index (κ3) is 3.67. The zero-order valence-corrected chi connectivity index (χ0v) is 14.7. The first kappa shape index (κ1) is 16.5. The maximum atomic E-state index is 12.5. The Morgan fingerprint density at radius 1 is 0.923 bits per heavy atom. The van der Waals surface area contributed by atoms with E-state index in [1.165, 1.54) is 25.7 Å². The summed E-state index contributed by atoms with van der Waals surface area (Å²) in [5.41, 5.74) is 2.15. The normalized spacial score (nSPS) is 14.8. The number of aromatic nitrogens is 2. The van der Waals surface area contributed by atoms with Crippen LogP contribution in [0.1, 0.15) is 36.0 Å². The second kappa shape index (κ2) is 7.52. The Hall–Kier alpha value is -2.95. The first-order valence-corrected chi connectivity index (χ1v) is 9.17. The third-order valence-corrected chi connectivity index (χ3v) is 4.79. The fourth-order valence-electron chi connectivity index (χ4n) is 3.35. The Labute approximate surface area is 153 Å². The van der Waals surface area contributed by atoms with E-state index in [4.69, 9.17) is 0 Å². The minimum Gasteiger partial charge on any atom is -0.357 e. The first-order valence-electron chi connectivity index (χ1n) is 9.17. The smallest absolute Gasteiger partial charge is 0.257 e. The predicted octanol–water partition coefficient (Wildman–Crippen LogP) is 4.26. The van der Waals surface area contributed by atoms with Gasteiger partial charge < -0.3 is 10.2 Å². The van der Waals surface area contributed by atoms with Gasteiger partial charge in [-0.3, -0.25) is 9.78 Å². The summed E-state index contributed by atoms with van der Waals surface area (Å²) in [6, 6.07) is 13.6. The van der Waals surface area contributed by atoms with Gasteiger partial charge in [0.15, 0.2) is 0 Å². The van der Waals surface area contributed by atoms with Crippen molar-refractivity contribution in [3.8, 4) is 0 Å². The molecule has 132 valence electrons. The number of pyridine rings is 2. The van der Waals surface area contributed by atoms with Gasteiger partial charge in [-0.1, -0.05) is 31.0 Å². The number of benzene rings is 1. The number of para-hydroxylation sites is 1. The molecule has 1 aliphatic heterocycles. The molecular formula is C21H22N4O. The van der Waals surface area contributed by atoms with Gasteiger partial charge in [0.05, 0.1) is 23.0 Å². The fourth-order valence-corrected chi connectivity index (χ4v) is 3.35. The van der Waals surface area contributed by atoms with Crippen LogP contribution in [0.5, 0.6) is 0 Å². The molecule has 4 rings (SSSR count). The maximum absolute atomic E-state index is 12.5. The molecule has 0 saturated carbocycles. The van der Waals surface area contributed by atoms with Gasteiger partial charge in [0.2, 0.25) is 0 Å². The minimum atomic E-state index is -0.169. The van der Waals surface area contributed by atoms with E-state index in [-0.39, 0.29) is 5.91 Å². The molecule has 26 heavy (non-hydrogen) atoms. The zero-order chi connectivity index (χ0) is 17.8. The lowest BCUT2D eigenvalue weighted by atomic mass is 10.2. The zero-order valence-electron chi connectivity index (χ0n) is 14.7. The van der Waals surface area contributed by atoms with Crippen molar-refractivity contribution >= 4 is 28.3 Å². The van der Waals surface area contributed by atoms with Crippen molar-refractivity contribution in [3.63, 3.8) is 0 Å². The highest BCUT2D eigenvalue weighted by atomic mass is 16.1. The van der Waals surface area contributed by atoms with Crippen LogP contribution >= 0.6 is 0 Å². The van der Waals surface area contributed by atoms with Crippen LogP contribution in [0.2, 0.25) is 0 Å². The van der Waals surface area contributed by atoms with E-state index in [1.54, 1.807) is 12.4 Å². The molecule has 5 heteroatoms. The number of carbonyl (C=O) groups excluding carboxylic acids is 1. The number of carbonyl (C=O) groups is 1. The van der Waals surface area contributed by atoms with Gasteiger partial charge >= 0.3 is 0 Å². The van der Waals surface area contributed by atoms with Crippen LogP contribution in [0.4, 0.5) is 11.5 Å². The van der Waals surface area contributed by atoms with Crippen LogP contribution in [0.3, 0.4) is 0 Å². The van der Waals surface area contributed by atoms with Gasteiger partial charge in [0.1, 0.15) is 5.82 Å². The molecule has 0 bridgehead atoms. The standard InChI is InChI=1S/C21H22N4O/c26-21(24-18-13-16-7-3-4-8-19(16)22-15-18)17-9-10-20(23-14-17)25-11-5-1-2-6-12-25/h3-4,7-10,13-15H,1-2,5-6,11-12H2,(H,24,26). The van der Waals surface area contributed by atoms with E-state index in [9.17, 15) is 4.79 Å². The molecule has 1 amide bonds. The summed E-state index contributed by atoms with van der Waals surface area (Å²) in [5, 5.41) is 3.90. The van der Waals surface area contributed by atoms with Crippen LogP contribution in [0.15, 0.2) is 54.9 Å². The average molecular weight is 346 g/mol. The molecule has 1 saturated heterocycles. The van der Waals surface area contributed by atoms with E-state index < -0.39 is 0 Å². The quantitative estimate of drug-likeness (QED) is 0.770. The summed E-state index contributed by atoms with van der Waals surface area (Å²) >= 11 is 0. The molecule has 1 N–H and O–H groups in total. The minimum absolute atomic E-state index is 0.169. The summed E-state index contributed by atoms with van der Waals surface area (Å²) in [6.07, 6.45) is 8.33. The molecule has 5 nitrogen and oxygen atoms in total. The molecule has 1 aromatic carbocycles. The van der Waals surface area contributed by atoms with Gasteiger partial charge in [-0.15, -0.1) is 0 Å². The van der Waals surface area contributed by atoms with E-state index in [0.717, 1.165) is 29.8 Å². The van der Waals surface area contributed by atoms with Crippen molar-refractivity contribution in [2.75, 3.05) is 23.3 Å². The number of fused-ring (bicyclic) bond motifs is 1. The van der Waals surface area contributed by atoms with Crippen LogP contribution in [-0.4, -0.2) is 29.0 Å². The third-order valence-electron chi connectivity index (χ3n) is 4.79. The molecule has 0 spiro atoms. The Kier molecular flexibility index (Phi) is 4.78.